The molecule has 0 bridgehead atoms. The Hall–Kier alpha value is -0.970. The van der Waals surface area contributed by atoms with Gasteiger partial charge in [-0.2, -0.15) is 0 Å². The van der Waals surface area contributed by atoms with Crippen molar-refractivity contribution in [2.24, 2.45) is 0 Å². The fourth-order valence-electron chi connectivity index (χ4n) is 2.16. The van der Waals surface area contributed by atoms with Gasteiger partial charge in [0.05, 0.1) is 13.2 Å². The molecule has 2 heterocycles. The molecule has 0 aromatic carbocycles. The predicted molar refractivity (Wildman–Crippen MR) is 72.7 cm³/mol. The van der Waals surface area contributed by atoms with Crippen LogP contribution in [0.2, 0.25) is 0 Å². The van der Waals surface area contributed by atoms with Crippen LogP contribution in [0.3, 0.4) is 0 Å². The summed E-state index contributed by atoms with van der Waals surface area (Å²) < 4.78 is 5.46. The molecule has 1 saturated heterocycles. The fraction of sp³-hybridized carbons (Fsp3) is 0.643. The average Bonchev–Trinajstić information content (AvgIpc) is 2.45. The van der Waals surface area contributed by atoms with Crippen molar-refractivity contribution in [3.05, 3.63) is 30.1 Å². The van der Waals surface area contributed by atoms with E-state index in [2.05, 4.69) is 34.4 Å². The van der Waals surface area contributed by atoms with Crippen LogP contribution in [0, 0.1) is 0 Å². The highest BCUT2D eigenvalue weighted by Gasteiger charge is 2.13. The molecule has 0 spiro atoms. The van der Waals surface area contributed by atoms with Crippen LogP contribution >= 0.6 is 0 Å². The topological polar surface area (TPSA) is 37.4 Å². The van der Waals surface area contributed by atoms with Gasteiger partial charge < -0.3 is 15.0 Å². The molecule has 1 atom stereocenters. The lowest BCUT2D eigenvalue weighted by molar-refractivity contribution is 0.0711. The van der Waals surface area contributed by atoms with Crippen LogP contribution in [0.15, 0.2) is 24.5 Å². The van der Waals surface area contributed by atoms with Gasteiger partial charge in [-0.3, -0.25) is 4.98 Å². The van der Waals surface area contributed by atoms with Crippen molar-refractivity contribution in [3.63, 3.8) is 0 Å². The van der Waals surface area contributed by atoms with E-state index >= 15 is 0 Å². The molecule has 4 heteroatoms. The van der Waals surface area contributed by atoms with Crippen molar-refractivity contribution in [2.75, 3.05) is 39.9 Å². The first-order valence-electron chi connectivity index (χ1n) is 6.73. The summed E-state index contributed by atoms with van der Waals surface area (Å²) in [7, 11) is 2.19. The molecule has 0 saturated carbocycles. The van der Waals surface area contributed by atoms with Crippen LogP contribution in [-0.4, -0.2) is 55.8 Å². The van der Waals surface area contributed by atoms with Crippen LogP contribution in [-0.2, 0) is 11.2 Å². The van der Waals surface area contributed by atoms with E-state index in [1.54, 1.807) is 0 Å². The Morgan fingerprint density at radius 3 is 2.94 bits per heavy atom. The van der Waals surface area contributed by atoms with E-state index in [0.29, 0.717) is 6.04 Å². The molecular weight excluding hydrogens is 226 g/mol. The van der Waals surface area contributed by atoms with E-state index in [0.717, 1.165) is 45.7 Å². The van der Waals surface area contributed by atoms with Gasteiger partial charge in [0.2, 0.25) is 0 Å². The van der Waals surface area contributed by atoms with E-state index < -0.39 is 0 Å². The summed E-state index contributed by atoms with van der Waals surface area (Å²) >= 11 is 0. The highest BCUT2D eigenvalue weighted by atomic mass is 16.5. The molecule has 1 aromatic rings. The van der Waals surface area contributed by atoms with Crippen LogP contribution in [0.4, 0.5) is 0 Å². The highest BCUT2D eigenvalue weighted by molar-refractivity contribution is 5.09. The number of nitrogens with one attached hydrogen (secondary N) is 1. The second kappa shape index (κ2) is 7.46. The van der Waals surface area contributed by atoms with Gasteiger partial charge in [-0.05, 0) is 44.1 Å². The standard InChI is InChI=1S/C14H23N3O/c1-17(9-4-13-2-6-15-7-3-13)10-5-14-12-18-11-8-16-14/h2-3,6-7,14,16H,4-5,8-12H2,1H3. The van der Waals surface area contributed by atoms with Crippen LogP contribution in [0.5, 0.6) is 0 Å². The summed E-state index contributed by atoms with van der Waals surface area (Å²) in [5, 5.41) is 3.49. The number of nitrogens with zero attached hydrogens (tertiary/aromatic N) is 2. The number of rotatable bonds is 6. The Bertz CT molecular complexity index is 325. The number of hydrogen-bond acceptors (Lipinski definition) is 4. The summed E-state index contributed by atoms with van der Waals surface area (Å²) in [6.45, 7) is 4.92. The molecule has 4 nitrogen and oxygen atoms in total. The molecule has 18 heavy (non-hydrogen) atoms. The molecule has 0 amide bonds. The predicted octanol–water partition coefficient (Wildman–Crippen LogP) is 0.934. The number of aromatic nitrogens is 1. The first-order valence-corrected chi connectivity index (χ1v) is 6.73. The van der Waals surface area contributed by atoms with Crippen molar-refractivity contribution in [1.29, 1.82) is 0 Å². The zero-order valence-corrected chi connectivity index (χ0v) is 11.1. The van der Waals surface area contributed by atoms with Crippen molar-refractivity contribution < 1.29 is 4.74 Å². The molecule has 2 rings (SSSR count). The zero-order chi connectivity index (χ0) is 12.6. The Morgan fingerprint density at radius 1 is 1.39 bits per heavy atom. The lowest BCUT2D eigenvalue weighted by atomic mass is 10.1. The lowest BCUT2D eigenvalue weighted by Crippen LogP contribution is -2.43. The van der Waals surface area contributed by atoms with Crippen LogP contribution < -0.4 is 5.32 Å². The minimum Gasteiger partial charge on any atom is -0.379 e. The molecule has 100 valence electrons. The van der Waals surface area contributed by atoms with Crippen LogP contribution in [0.1, 0.15) is 12.0 Å². The first-order chi connectivity index (χ1) is 8.84. The Labute approximate surface area is 109 Å². The normalized spacial score (nSPS) is 20.2. The second-order valence-electron chi connectivity index (χ2n) is 4.92. The number of hydrogen-bond donors (Lipinski definition) is 1. The van der Waals surface area contributed by atoms with Crippen LogP contribution in [0.25, 0.3) is 0 Å². The number of ether oxygens (including phenoxy) is 1. The third kappa shape index (κ3) is 4.72. The third-order valence-corrected chi connectivity index (χ3v) is 3.39. The minimum absolute atomic E-state index is 0.530. The van der Waals surface area contributed by atoms with Gasteiger partial charge in [0, 0.05) is 31.5 Å². The van der Waals surface area contributed by atoms with E-state index in [1.165, 1.54) is 5.56 Å². The van der Waals surface area contributed by atoms with Crippen molar-refractivity contribution in [2.45, 2.75) is 18.9 Å². The number of morpholine rings is 1. The maximum atomic E-state index is 5.46. The Balaban J connectivity index is 1.61. The summed E-state index contributed by atoms with van der Waals surface area (Å²) in [6, 6.07) is 4.71. The maximum absolute atomic E-state index is 5.46. The first kappa shape index (κ1) is 13.5. The maximum Gasteiger partial charge on any atom is 0.0620 e. The molecule has 0 radical (unpaired) electrons. The van der Waals surface area contributed by atoms with Gasteiger partial charge in [-0.1, -0.05) is 0 Å². The molecule has 0 aliphatic carbocycles. The molecule has 1 unspecified atom stereocenters. The van der Waals surface area contributed by atoms with Gasteiger partial charge in [-0.15, -0.1) is 0 Å². The SMILES string of the molecule is CN(CCc1ccncc1)CCC1COCCN1. The lowest BCUT2D eigenvalue weighted by Gasteiger charge is -2.26. The Kier molecular flexibility index (Phi) is 5.58. The monoisotopic (exact) mass is 249 g/mol. The van der Waals surface area contributed by atoms with Gasteiger partial charge in [0.1, 0.15) is 0 Å². The summed E-state index contributed by atoms with van der Waals surface area (Å²) in [5.74, 6) is 0. The summed E-state index contributed by atoms with van der Waals surface area (Å²) in [4.78, 5) is 6.42. The molecule has 1 fully saturated rings. The smallest absolute Gasteiger partial charge is 0.0620 e. The number of pyridine rings is 1. The summed E-state index contributed by atoms with van der Waals surface area (Å²) in [6.07, 6.45) is 5.97. The number of likely N-dealkylation sites (N-methyl/N-ethyl adjacent to an activating group) is 1. The average molecular weight is 249 g/mol. The van der Waals surface area contributed by atoms with E-state index in [9.17, 15) is 0 Å². The molecular formula is C14H23N3O. The van der Waals surface area contributed by atoms with E-state index in [-0.39, 0.29) is 0 Å². The van der Waals surface area contributed by atoms with Crippen molar-refractivity contribution in [1.82, 2.24) is 15.2 Å². The van der Waals surface area contributed by atoms with Gasteiger partial charge in [0.15, 0.2) is 0 Å². The zero-order valence-electron chi connectivity index (χ0n) is 11.1. The minimum atomic E-state index is 0.530. The molecule has 1 aliphatic rings. The highest BCUT2D eigenvalue weighted by Crippen LogP contribution is 2.02. The third-order valence-electron chi connectivity index (χ3n) is 3.39. The summed E-state index contributed by atoms with van der Waals surface area (Å²) in [5.41, 5.74) is 1.36. The van der Waals surface area contributed by atoms with E-state index in [4.69, 9.17) is 4.74 Å². The quantitative estimate of drug-likeness (QED) is 0.814. The Morgan fingerprint density at radius 2 is 2.22 bits per heavy atom. The van der Waals surface area contributed by atoms with Gasteiger partial charge in [0.25, 0.3) is 0 Å². The van der Waals surface area contributed by atoms with Crippen molar-refractivity contribution >= 4 is 0 Å². The second-order valence-corrected chi connectivity index (χ2v) is 4.92. The molecule has 1 aliphatic heterocycles. The van der Waals surface area contributed by atoms with Gasteiger partial charge in [-0.25, -0.2) is 0 Å². The fourth-order valence-corrected chi connectivity index (χ4v) is 2.16. The largest absolute Gasteiger partial charge is 0.379 e. The molecule has 1 N–H and O–H groups in total. The molecule has 1 aromatic heterocycles. The van der Waals surface area contributed by atoms with E-state index in [1.807, 2.05) is 12.4 Å². The van der Waals surface area contributed by atoms with Gasteiger partial charge >= 0.3 is 0 Å². The van der Waals surface area contributed by atoms with Crippen molar-refractivity contribution in [3.8, 4) is 0 Å².